The number of benzene rings is 1. The van der Waals surface area contributed by atoms with Crippen LogP contribution in [0.25, 0.3) is 0 Å². The van der Waals surface area contributed by atoms with Crippen molar-refractivity contribution < 1.29 is 13.9 Å². The molecular weight excluding hydrogens is 259 g/mol. The minimum absolute atomic E-state index is 0.0654. The molecule has 4 nitrogen and oxygen atoms in total. The summed E-state index contributed by atoms with van der Waals surface area (Å²) in [5.74, 6) is -0.336. The Balaban J connectivity index is 2.40. The van der Waals surface area contributed by atoms with Crippen LogP contribution in [-0.4, -0.2) is 32.2 Å². The van der Waals surface area contributed by atoms with Crippen LogP contribution < -0.4 is 10.6 Å². The van der Waals surface area contributed by atoms with E-state index in [9.17, 15) is 9.18 Å². The Morgan fingerprint density at radius 3 is 2.80 bits per heavy atom. The summed E-state index contributed by atoms with van der Waals surface area (Å²) >= 11 is 0. The normalized spacial score (nSPS) is 13.8. The van der Waals surface area contributed by atoms with E-state index in [0.29, 0.717) is 13.2 Å². The lowest BCUT2D eigenvalue weighted by Gasteiger charge is -2.20. The van der Waals surface area contributed by atoms with Gasteiger partial charge in [0.2, 0.25) is 5.91 Å². The van der Waals surface area contributed by atoms with Gasteiger partial charge in [-0.1, -0.05) is 12.1 Å². The Bertz CT molecular complexity index is 426. The molecule has 2 N–H and O–H groups in total. The van der Waals surface area contributed by atoms with Crippen LogP contribution in [0.3, 0.4) is 0 Å². The average Bonchev–Trinajstić information content (AvgIpc) is 2.43. The van der Waals surface area contributed by atoms with Gasteiger partial charge in [0.15, 0.2) is 0 Å². The fraction of sp³-hybridized carbons (Fsp3) is 0.533. The summed E-state index contributed by atoms with van der Waals surface area (Å²) in [5.41, 5.74) is 0.823. The first-order chi connectivity index (χ1) is 9.54. The zero-order chi connectivity index (χ0) is 15.0. The molecule has 1 aromatic carbocycles. The lowest BCUT2D eigenvalue weighted by molar-refractivity contribution is -0.122. The first-order valence-electron chi connectivity index (χ1n) is 6.82. The predicted molar refractivity (Wildman–Crippen MR) is 76.9 cm³/mol. The second-order valence-corrected chi connectivity index (χ2v) is 4.80. The van der Waals surface area contributed by atoms with Crippen LogP contribution in [0.15, 0.2) is 24.3 Å². The third kappa shape index (κ3) is 5.67. The number of carbonyl (C=O) groups excluding carboxylic acids is 1. The maximum Gasteiger partial charge on any atom is 0.236 e. The second kappa shape index (κ2) is 8.66. The standard InChI is InChI=1S/C15H23FN2O2/c1-11(13-6-4-7-14(16)10-13)18-12(2)15(19)17-8-5-9-20-3/h4,6-7,10-12,18H,5,8-9H2,1-3H3,(H,17,19). The molecular formula is C15H23FN2O2. The third-order valence-corrected chi connectivity index (χ3v) is 3.07. The van der Waals surface area contributed by atoms with Crippen molar-refractivity contribution in [3.63, 3.8) is 0 Å². The molecule has 0 aliphatic heterocycles. The van der Waals surface area contributed by atoms with Crippen LogP contribution in [0, 0.1) is 5.82 Å². The molecule has 0 spiro atoms. The van der Waals surface area contributed by atoms with Gasteiger partial charge in [0.25, 0.3) is 0 Å². The highest BCUT2D eigenvalue weighted by Gasteiger charge is 2.15. The van der Waals surface area contributed by atoms with Gasteiger partial charge in [-0.3, -0.25) is 10.1 Å². The van der Waals surface area contributed by atoms with Gasteiger partial charge in [-0.2, -0.15) is 0 Å². The fourth-order valence-electron chi connectivity index (χ4n) is 1.90. The maximum atomic E-state index is 13.1. The monoisotopic (exact) mass is 282 g/mol. The van der Waals surface area contributed by atoms with E-state index in [1.807, 2.05) is 13.0 Å². The molecule has 112 valence electrons. The van der Waals surface area contributed by atoms with Crippen molar-refractivity contribution in [1.82, 2.24) is 10.6 Å². The molecule has 1 amide bonds. The van der Waals surface area contributed by atoms with E-state index in [-0.39, 0.29) is 23.8 Å². The largest absolute Gasteiger partial charge is 0.385 e. The summed E-state index contributed by atoms with van der Waals surface area (Å²) in [5, 5.41) is 5.98. The van der Waals surface area contributed by atoms with E-state index in [1.165, 1.54) is 12.1 Å². The minimum atomic E-state index is -0.337. The predicted octanol–water partition coefficient (Wildman–Crippen LogP) is 2.02. The van der Waals surface area contributed by atoms with Gasteiger partial charge in [0.1, 0.15) is 5.82 Å². The minimum Gasteiger partial charge on any atom is -0.385 e. The molecule has 0 aliphatic rings. The number of amides is 1. The van der Waals surface area contributed by atoms with Gasteiger partial charge in [-0.25, -0.2) is 4.39 Å². The van der Waals surface area contributed by atoms with Crippen LogP contribution in [0.1, 0.15) is 31.9 Å². The summed E-state index contributed by atoms with van der Waals surface area (Å²) in [6.07, 6.45) is 0.786. The van der Waals surface area contributed by atoms with Gasteiger partial charge < -0.3 is 10.1 Å². The number of carbonyl (C=O) groups is 1. The molecule has 0 fully saturated rings. The SMILES string of the molecule is COCCCNC(=O)C(C)NC(C)c1cccc(F)c1. The molecule has 0 heterocycles. The van der Waals surface area contributed by atoms with Gasteiger partial charge in [-0.15, -0.1) is 0 Å². The number of ether oxygens (including phenoxy) is 1. The molecule has 2 unspecified atom stereocenters. The van der Waals surface area contributed by atoms with E-state index < -0.39 is 0 Å². The molecule has 20 heavy (non-hydrogen) atoms. The Morgan fingerprint density at radius 1 is 1.40 bits per heavy atom. The molecule has 0 aliphatic carbocycles. The van der Waals surface area contributed by atoms with Crippen molar-refractivity contribution in [1.29, 1.82) is 0 Å². The highest BCUT2D eigenvalue weighted by atomic mass is 19.1. The van der Waals surface area contributed by atoms with Crippen molar-refractivity contribution in [2.45, 2.75) is 32.4 Å². The van der Waals surface area contributed by atoms with Crippen molar-refractivity contribution in [2.24, 2.45) is 0 Å². The summed E-state index contributed by atoms with van der Waals surface area (Å²) in [7, 11) is 1.63. The Labute approximate surface area is 119 Å². The Morgan fingerprint density at radius 2 is 2.15 bits per heavy atom. The van der Waals surface area contributed by atoms with E-state index in [4.69, 9.17) is 4.74 Å². The molecule has 0 bridgehead atoms. The fourth-order valence-corrected chi connectivity index (χ4v) is 1.90. The van der Waals surface area contributed by atoms with Crippen LogP contribution in [0.4, 0.5) is 4.39 Å². The van der Waals surface area contributed by atoms with Crippen LogP contribution >= 0.6 is 0 Å². The van der Waals surface area contributed by atoms with E-state index in [0.717, 1.165) is 12.0 Å². The lowest BCUT2D eigenvalue weighted by Crippen LogP contribution is -2.43. The quantitative estimate of drug-likeness (QED) is 0.717. The topological polar surface area (TPSA) is 50.4 Å². The number of methoxy groups -OCH3 is 1. The van der Waals surface area contributed by atoms with Gasteiger partial charge in [0.05, 0.1) is 6.04 Å². The van der Waals surface area contributed by atoms with Gasteiger partial charge in [-0.05, 0) is 38.0 Å². The van der Waals surface area contributed by atoms with Crippen molar-refractivity contribution in [2.75, 3.05) is 20.3 Å². The summed E-state index contributed by atoms with van der Waals surface area (Å²) < 4.78 is 18.1. The Kier molecular flexibility index (Phi) is 7.18. The van der Waals surface area contributed by atoms with E-state index in [2.05, 4.69) is 10.6 Å². The average molecular weight is 282 g/mol. The lowest BCUT2D eigenvalue weighted by atomic mass is 10.1. The highest BCUT2D eigenvalue weighted by molar-refractivity contribution is 5.81. The van der Waals surface area contributed by atoms with Gasteiger partial charge >= 0.3 is 0 Å². The molecule has 0 radical (unpaired) electrons. The molecule has 5 heteroatoms. The first-order valence-corrected chi connectivity index (χ1v) is 6.82. The highest BCUT2D eigenvalue weighted by Crippen LogP contribution is 2.14. The van der Waals surface area contributed by atoms with Crippen LogP contribution in [0.5, 0.6) is 0 Å². The number of hydrogen-bond acceptors (Lipinski definition) is 3. The maximum absolute atomic E-state index is 13.1. The first kappa shape index (κ1) is 16.6. The van der Waals surface area contributed by atoms with Crippen molar-refractivity contribution in [3.05, 3.63) is 35.6 Å². The molecule has 0 aromatic heterocycles. The van der Waals surface area contributed by atoms with E-state index in [1.54, 1.807) is 20.1 Å². The van der Waals surface area contributed by atoms with Crippen molar-refractivity contribution >= 4 is 5.91 Å². The molecule has 2 atom stereocenters. The third-order valence-electron chi connectivity index (χ3n) is 3.07. The molecule has 1 aromatic rings. The number of rotatable bonds is 8. The zero-order valence-electron chi connectivity index (χ0n) is 12.3. The molecule has 0 saturated heterocycles. The smallest absolute Gasteiger partial charge is 0.236 e. The second-order valence-electron chi connectivity index (χ2n) is 4.80. The molecule has 0 saturated carbocycles. The number of halogens is 1. The van der Waals surface area contributed by atoms with Crippen molar-refractivity contribution in [3.8, 4) is 0 Å². The summed E-state index contributed by atoms with van der Waals surface area (Å²) in [6.45, 7) is 4.92. The van der Waals surface area contributed by atoms with E-state index >= 15 is 0 Å². The zero-order valence-corrected chi connectivity index (χ0v) is 12.3. The van der Waals surface area contributed by atoms with Crippen LogP contribution in [-0.2, 0) is 9.53 Å². The van der Waals surface area contributed by atoms with Crippen LogP contribution in [0.2, 0.25) is 0 Å². The Hall–Kier alpha value is -1.46. The number of hydrogen-bond donors (Lipinski definition) is 2. The van der Waals surface area contributed by atoms with Gasteiger partial charge in [0, 0.05) is 26.3 Å². The molecule has 1 rings (SSSR count). The number of nitrogens with one attached hydrogen (secondary N) is 2. The summed E-state index contributed by atoms with van der Waals surface area (Å²) in [4.78, 5) is 11.9. The summed E-state index contributed by atoms with van der Waals surface area (Å²) in [6, 6.07) is 5.95.